The van der Waals surface area contributed by atoms with E-state index in [-0.39, 0.29) is 13.2 Å². The quantitative estimate of drug-likeness (QED) is 0.512. The predicted octanol–water partition coefficient (Wildman–Crippen LogP) is 1.75. The molecule has 160 valence electrons. The molecule has 0 N–H and O–H groups in total. The Kier molecular flexibility index (Phi) is 6.75. The van der Waals surface area contributed by atoms with Gasteiger partial charge in [0.25, 0.3) is 5.91 Å². The minimum atomic E-state index is -3.51. The monoisotopic (exact) mass is 449 g/mol. The molecule has 10 heteroatoms. The van der Waals surface area contributed by atoms with Gasteiger partial charge in [0, 0.05) is 6.54 Å². The Hall–Kier alpha value is -2.48. The number of nitrogens with zero attached hydrogens (tertiary/aromatic N) is 3. The van der Waals surface area contributed by atoms with Gasteiger partial charge in [0.2, 0.25) is 10.0 Å². The van der Waals surface area contributed by atoms with E-state index < -0.39 is 27.9 Å². The van der Waals surface area contributed by atoms with Gasteiger partial charge < -0.3 is 9.30 Å². The minimum Gasteiger partial charge on any atom is -0.462 e. The molecule has 0 spiro atoms. The van der Waals surface area contributed by atoms with Crippen molar-refractivity contribution in [1.29, 1.82) is 0 Å². The standard InChI is InChI=1S/C20H23N3O5S2/c1-4-11-22-15-10-9-14(19(25)28-5-2)13-17(15)29-20(22)21-18(24)16-8-6-7-12-23(16)30(3,26)27/h1,9-10,13,16H,5-8,11-12H2,2-3H3. The van der Waals surface area contributed by atoms with Crippen LogP contribution in [0.2, 0.25) is 0 Å². The van der Waals surface area contributed by atoms with Gasteiger partial charge in [-0.25, -0.2) is 13.2 Å². The topological polar surface area (TPSA) is 98.0 Å². The molecule has 2 heterocycles. The average Bonchev–Trinajstić information content (AvgIpc) is 3.04. The van der Waals surface area contributed by atoms with E-state index in [9.17, 15) is 18.0 Å². The Balaban J connectivity index is 2.06. The summed E-state index contributed by atoms with van der Waals surface area (Å²) in [6.07, 6.45) is 8.51. The fraction of sp³-hybridized carbons (Fsp3) is 0.450. The second-order valence-corrected chi connectivity index (χ2v) is 9.86. The van der Waals surface area contributed by atoms with Crippen molar-refractivity contribution in [3.63, 3.8) is 0 Å². The highest BCUT2D eigenvalue weighted by Gasteiger charge is 2.34. The summed E-state index contributed by atoms with van der Waals surface area (Å²) in [4.78, 5) is 29.5. The smallest absolute Gasteiger partial charge is 0.338 e. The van der Waals surface area contributed by atoms with E-state index in [4.69, 9.17) is 11.2 Å². The van der Waals surface area contributed by atoms with Crippen LogP contribution in [0.15, 0.2) is 23.2 Å². The molecular weight excluding hydrogens is 426 g/mol. The van der Waals surface area contributed by atoms with Gasteiger partial charge in [-0.3, -0.25) is 4.79 Å². The lowest BCUT2D eigenvalue weighted by Crippen LogP contribution is -2.47. The Morgan fingerprint density at radius 2 is 2.13 bits per heavy atom. The number of aromatic nitrogens is 1. The van der Waals surface area contributed by atoms with Gasteiger partial charge in [-0.1, -0.05) is 23.7 Å². The molecule has 1 amide bonds. The van der Waals surface area contributed by atoms with Crippen molar-refractivity contribution >= 4 is 43.5 Å². The summed E-state index contributed by atoms with van der Waals surface area (Å²) in [6, 6.07) is 4.24. The Bertz CT molecular complexity index is 1190. The Labute approximate surface area is 179 Å². The second-order valence-electron chi connectivity index (χ2n) is 6.91. The van der Waals surface area contributed by atoms with Crippen LogP contribution in [-0.2, 0) is 26.1 Å². The van der Waals surface area contributed by atoms with E-state index in [2.05, 4.69) is 10.9 Å². The molecule has 1 aliphatic rings. The first-order valence-corrected chi connectivity index (χ1v) is 12.2. The first-order chi connectivity index (χ1) is 14.3. The van der Waals surface area contributed by atoms with E-state index in [1.807, 2.05) is 0 Å². The predicted molar refractivity (Wildman–Crippen MR) is 114 cm³/mol. The van der Waals surface area contributed by atoms with Gasteiger partial charge in [-0.2, -0.15) is 9.30 Å². The van der Waals surface area contributed by atoms with E-state index in [1.54, 1.807) is 29.7 Å². The third-order valence-corrected chi connectivity index (χ3v) is 7.14. The third-order valence-electron chi connectivity index (χ3n) is 4.81. The molecule has 30 heavy (non-hydrogen) atoms. The lowest BCUT2D eigenvalue weighted by atomic mass is 10.0. The third kappa shape index (κ3) is 4.64. The van der Waals surface area contributed by atoms with Crippen molar-refractivity contribution in [2.45, 2.75) is 38.8 Å². The van der Waals surface area contributed by atoms with Crippen molar-refractivity contribution in [2.75, 3.05) is 19.4 Å². The van der Waals surface area contributed by atoms with Crippen LogP contribution < -0.4 is 4.80 Å². The number of benzene rings is 1. The molecule has 1 aromatic heterocycles. The van der Waals surface area contributed by atoms with Crippen LogP contribution in [0.3, 0.4) is 0 Å². The van der Waals surface area contributed by atoms with Crippen molar-refractivity contribution in [3.8, 4) is 12.3 Å². The maximum absolute atomic E-state index is 12.9. The molecule has 1 aromatic carbocycles. The van der Waals surface area contributed by atoms with E-state index in [1.165, 1.54) is 15.6 Å². The zero-order valence-corrected chi connectivity index (χ0v) is 18.5. The summed E-state index contributed by atoms with van der Waals surface area (Å²) in [5, 5.41) is 0. The number of hydrogen-bond acceptors (Lipinski definition) is 6. The molecule has 2 aromatic rings. The van der Waals surface area contributed by atoms with Crippen LogP contribution in [0.1, 0.15) is 36.5 Å². The summed E-state index contributed by atoms with van der Waals surface area (Å²) in [5.41, 5.74) is 1.13. The lowest BCUT2D eigenvalue weighted by Gasteiger charge is -2.31. The van der Waals surface area contributed by atoms with Gasteiger partial charge in [0.15, 0.2) is 4.80 Å². The first-order valence-electron chi connectivity index (χ1n) is 9.55. The number of terminal acetylenes is 1. The molecular formula is C20H23N3O5S2. The Morgan fingerprint density at radius 3 is 2.80 bits per heavy atom. The number of piperidine rings is 1. The van der Waals surface area contributed by atoms with Crippen LogP contribution in [0.4, 0.5) is 0 Å². The van der Waals surface area contributed by atoms with Gasteiger partial charge >= 0.3 is 5.97 Å². The van der Waals surface area contributed by atoms with Crippen molar-refractivity contribution in [2.24, 2.45) is 4.99 Å². The fourth-order valence-electron chi connectivity index (χ4n) is 3.46. The van der Waals surface area contributed by atoms with Crippen LogP contribution in [0, 0.1) is 12.3 Å². The number of fused-ring (bicyclic) bond motifs is 1. The van der Waals surface area contributed by atoms with Crippen molar-refractivity contribution in [3.05, 3.63) is 28.6 Å². The molecule has 8 nitrogen and oxygen atoms in total. The Morgan fingerprint density at radius 1 is 1.37 bits per heavy atom. The molecule has 1 fully saturated rings. The largest absolute Gasteiger partial charge is 0.462 e. The zero-order chi connectivity index (χ0) is 21.9. The SMILES string of the molecule is C#CCn1c(=NC(=O)C2CCCCN2S(C)(=O)=O)sc2cc(C(=O)OCC)ccc21. The summed E-state index contributed by atoms with van der Waals surface area (Å²) >= 11 is 1.22. The molecule has 0 aliphatic carbocycles. The maximum Gasteiger partial charge on any atom is 0.338 e. The molecule has 1 aliphatic heterocycles. The highest BCUT2D eigenvalue weighted by molar-refractivity contribution is 7.88. The van der Waals surface area contributed by atoms with E-state index in [0.29, 0.717) is 29.8 Å². The molecule has 0 saturated carbocycles. The highest BCUT2D eigenvalue weighted by Crippen LogP contribution is 2.22. The van der Waals surface area contributed by atoms with Crippen molar-refractivity contribution in [1.82, 2.24) is 8.87 Å². The molecule has 0 radical (unpaired) electrons. The van der Waals surface area contributed by atoms with Crippen LogP contribution in [0.25, 0.3) is 10.2 Å². The normalized spacial score (nSPS) is 18.3. The number of rotatable bonds is 5. The number of carbonyl (C=O) groups is 2. The highest BCUT2D eigenvalue weighted by atomic mass is 32.2. The zero-order valence-electron chi connectivity index (χ0n) is 16.8. The summed E-state index contributed by atoms with van der Waals surface area (Å²) in [5.74, 6) is 1.60. The van der Waals surface area contributed by atoms with Crippen LogP contribution >= 0.6 is 11.3 Å². The summed E-state index contributed by atoms with van der Waals surface area (Å²) < 4.78 is 32.8. The fourth-order valence-corrected chi connectivity index (χ4v) is 5.65. The van der Waals surface area contributed by atoms with Crippen LogP contribution in [0.5, 0.6) is 0 Å². The lowest BCUT2D eigenvalue weighted by molar-refractivity contribution is -0.122. The number of ether oxygens (including phenoxy) is 1. The maximum atomic E-state index is 12.9. The second kappa shape index (κ2) is 9.12. The van der Waals surface area contributed by atoms with Gasteiger partial charge in [0.05, 0.1) is 35.2 Å². The van der Waals surface area contributed by atoms with Crippen molar-refractivity contribution < 1.29 is 22.7 Å². The van der Waals surface area contributed by atoms with Gasteiger partial charge in [0.1, 0.15) is 6.04 Å². The number of hydrogen-bond donors (Lipinski definition) is 0. The number of esters is 1. The minimum absolute atomic E-state index is 0.186. The molecule has 1 atom stereocenters. The van der Waals surface area contributed by atoms with Gasteiger partial charge in [-0.15, -0.1) is 6.42 Å². The number of thiazole rings is 1. The van der Waals surface area contributed by atoms with E-state index in [0.717, 1.165) is 22.9 Å². The van der Waals surface area contributed by atoms with E-state index >= 15 is 0 Å². The molecule has 3 rings (SSSR count). The van der Waals surface area contributed by atoms with Gasteiger partial charge in [-0.05, 0) is 38.0 Å². The number of amides is 1. The summed E-state index contributed by atoms with van der Waals surface area (Å²) in [7, 11) is -3.51. The molecule has 0 bridgehead atoms. The number of carbonyl (C=O) groups excluding carboxylic acids is 2. The molecule has 1 unspecified atom stereocenters. The summed E-state index contributed by atoms with van der Waals surface area (Å²) in [6.45, 7) is 2.50. The molecule has 1 saturated heterocycles. The first kappa shape index (κ1) is 22.2. The van der Waals surface area contributed by atoms with Crippen LogP contribution in [-0.4, -0.2) is 54.6 Å². The average molecular weight is 450 g/mol. The number of sulfonamides is 1.